The van der Waals surface area contributed by atoms with Gasteiger partial charge in [0.1, 0.15) is 5.76 Å². The van der Waals surface area contributed by atoms with Gasteiger partial charge in [0.25, 0.3) is 0 Å². The average molecular weight is 276 g/mol. The van der Waals surface area contributed by atoms with Gasteiger partial charge in [-0.2, -0.15) is 0 Å². The number of hydrogen-bond acceptors (Lipinski definition) is 4. The average Bonchev–Trinajstić information content (AvgIpc) is 3.11. The van der Waals surface area contributed by atoms with Gasteiger partial charge in [-0.15, -0.1) is 0 Å². The van der Waals surface area contributed by atoms with Crippen molar-refractivity contribution in [2.45, 2.75) is 39.4 Å². The Bertz CT molecular complexity index is 492. The Morgan fingerprint density at radius 2 is 2.30 bits per heavy atom. The van der Waals surface area contributed by atoms with Crippen LogP contribution < -0.4 is 5.73 Å². The summed E-state index contributed by atoms with van der Waals surface area (Å²) in [6.45, 7) is 7.55. The standard InChI is InChI=1S/C15H24N4O/c1-3-7-19-12-17-10-15(19)14(9-16)18(4-2)11-13-6-5-8-20-13/h5-6,8,10,12,14H,3-4,7,9,11,16H2,1-2H3. The van der Waals surface area contributed by atoms with Crippen LogP contribution in [0.5, 0.6) is 0 Å². The van der Waals surface area contributed by atoms with Crippen molar-refractivity contribution in [3.8, 4) is 0 Å². The van der Waals surface area contributed by atoms with E-state index in [1.165, 1.54) is 5.69 Å². The predicted octanol–water partition coefficient (Wildman–Crippen LogP) is 2.41. The minimum Gasteiger partial charge on any atom is -0.468 e. The first kappa shape index (κ1) is 14.8. The Balaban J connectivity index is 2.17. The molecular formula is C15H24N4O. The van der Waals surface area contributed by atoms with Gasteiger partial charge in [-0.3, -0.25) is 4.90 Å². The maximum atomic E-state index is 6.02. The molecule has 0 radical (unpaired) electrons. The molecule has 0 saturated carbocycles. The lowest BCUT2D eigenvalue weighted by atomic mass is 10.1. The first-order chi connectivity index (χ1) is 9.80. The number of aryl methyl sites for hydroxylation is 1. The minimum atomic E-state index is 0.166. The topological polar surface area (TPSA) is 60.2 Å². The zero-order chi connectivity index (χ0) is 14.4. The van der Waals surface area contributed by atoms with Crippen LogP contribution in [0.2, 0.25) is 0 Å². The molecule has 20 heavy (non-hydrogen) atoms. The van der Waals surface area contributed by atoms with E-state index in [-0.39, 0.29) is 6.04 Å². The molecule has 0 spiro atoms. The molecule has 2 N–H and O–H groups in total. The van der Waals surface area contributed by atoms with Crippen molar-refractivity contribution in [1.82, 2.24) is 14.5 Å². The van der Waals surface area contributed by atoms with E-state index in [4.69, 9.17) is 10.2 Å². The maximum absolute atomic E-state index is 6.02. The highest BCUT2D eigenvalue weighted by Crippen LogP contribution is 2.22. The summed E-state index contributed by atoms with van der Waals surface area (Å²) in [6.07, 6.45) is 6.62. The molecule has 0 saturated heterocycles. The van der Waals surface area contributed by atoms with Gasteiger partial charge in [-0.05, 0) is 25.1 Å². The molecule has 110 valence electrons. The fraction of sp³-hybridized carbons (Fsp3) is 0.533. The lowest BCUT2D eigenvalue weighted by Gasteiger charge is -2.29. The number of nitrogens with zero attached hydrogens (tertiary/aromatic N) is 3. The number of rotatable bonds is 8. The van der Waals surface area contributed by atoms with Gasteiger partial charge in [0, 0.05) is 19.3 Å². The van der Waals surface area contributed by atoms with Crippen LogP contribution in [-0.4, -0.2) is 27.5 Å². The molecule has 2 aromatic heterocycles. The van der Waals surface area contributed by atoms with E-state index in [0.29, 0.717) is 6.54 Å². The van der Waals surface area contributed by atoms with E-state index in [2.05, 4.69) is 28.3 Å². The summed E-state index contributed by atoms with van der Waals surface area (Å²) in [7, 11) is 0. The van der Waals surface area contributed by atoms with Gasteiger partial charge in [-0.25, -0.2) is 4.98 Å². The third kappa shape index (κ3) is 3.29. The normalized spacial score (nSPS) is 13.0. The van der Waals surface area contributed by atoms with Crippen molar-refractivity contribution >= 4 is 0 Å². The summed E-state index contributed by atoms with van der Waals surface area (Å²) in [5.74, 6) is 0.965. The zero-order valence-electron chi connectivity index (χ0n) is 12.3. The molecule has 0 aliphatic rings. The molecule has 1 unspecified atom stereocenters. The lowest BCUT2D eigenvalue weighted by Crippen LogP contribution is -2.34. The summed E-state index contributed by atoms with van der Waals surface area (Å²) in [4.78, 5) is 6.60. The van der Waals surface area contributed by atoms with Gasteiger partial charge in [0.05, 0.1) is 30.9 Å². The van der Waals surface area contributed by atoms with Crippen molar-refractivity contribution in [2.75, 3.05) is 13.1 Å². The Kier molecular flexibility index (Phi) is 5.38. The number of furan rings is 1. The molecule has 5 heteroatoms. The van der Waals surface area contributed by atoms with Crippen LogP contribution in [0, 0.1) is 0 Å². The van der Waals surface area contributed by atoms with Gasteiger partial charge in [-0.1, -0.05) is 13.8 Å². The van der Waals surface area contributed by atoms with E-state index in [1.807, 2.05) is 24.7 Å². The molecule has 0 bridgehead atoms. The van der Waals surface area contributed by atoms with E-state index < -0.39 is 0 Å². The molecular weight excluding hydrogens is 252 g/mol. The van der Waals surface area contributed by atoms with Crippen molar-refractivity contribution in [3.05, 3.63) is 42.4 Å². The SMILES string of the molecule is CCCn1cncc1C(CN)N(CC)Cc1ccco1. The molecule has 0 aromatic carbocycles. The third-order valence-electron chi connectivity index (χ3n) is 3.56. The fourth-order valence-corrected chi connectivity index (χ4v) is 2.54. The van der Waals surface area contributed by atoms with Gasteiger partial charge < -0.3 is 14.7 Å². The summed E-state index contributed by atoms with van der Waals surface area (Å²) >= 11 is 0. The monoisotopic (exact) mass is 276 g/mol. The highest BCUT2D eigenvalue weighted by molar-refractivity contribution is 5.08. The Morgan fingerprint density at radius 3 is 2.90 bits per heavy atom. The first-order valence-corrected chi connectivity index (χ1v) is 7.26. The summed E-state index contributed by atoms with van der Waals surface area (Å²) in [5.41, 5.74) is 7.20. The summed E-state index contributed by atoms with van der Waals surface area (Å²) in [5, 5.41) is 0. The molecule has 0 amide bonds. The summed E-state index contributed by atoms with van der Waals surface area (Å²) in [6, 6.07) is 4.08. The van der Waals surface area contributed by atoms with E-state index in [9.17, 15) is 0 Å². The molecule has 2 heterocycles. The first-order valence-electron chi connectivity index (χ1n) is 7.26. The number of likely N-dealkylation sites (N-methyl/N-ethyl adjacent to an activating group) is 1. The molecule has 5 nitrogen and oxygen atoms in total. The second-order valence-corrected chi connectivity index (χ2v) is 4.91. The van der Waals surface area contributed by atoms with E-state index >= 15 is 0 Å². The van der Waals surface area contributed by atoms with Crippen molar-refractivity contribution in [1.29, 1.82) is 0 Å². The molecule has 0 fully saturated rings. The third-order valence-corrected chi connectivity index (χ3v) is 3.56. The van der Waals surface area contributed by atoms with Crippen LogP contribution in [0.1, 0.15) is 37.8 Å². The lowest BCUT2D eigenvalue weighted by molar-refractivity contribution is 0.181. The van der Waals surface area contributed by atoms with Crippen LogP contribution in [0.15, 0.2) is 35.3 Å². The number of hydrogen-bond donors (Lipinski definition) is 1. The molecule has 0 aliphatic carbocycles. The minimum absolute atomic E-state index is 0.166. The molecule has 1 atom stereocenters. The second kappa shape index (κ2) is 7.26. The summed E-state index contributed by atoms with van der Waals surface area (Å²) < 4.78 is 7.65. The number of nitrogens with two attached hydrogens (primary N) is 1. The Labute approximate surface area is 120 Å². The van der Waals surface area contributed by atoms with Crippen LogP contribution in [0.3, 0.4) is 0 Å². The van der Waals surface area contributed by atoms with Crippen LogP contribution >= 0.6 is 0 Å². The Morgan fingerprint density at radius 1 is 1.45 bits per heavy atom. The quantitative estimate of drug-likeness (QED) is 0.804. The van der Waals surface area contributed by atoms with Crippen LogP contribution in [-0.2, 0) is 13.1 Å². The van der Waals surface area contributed by atoms with Gasteiger partial charge >= 0.3 is 0 Å². The number of aromatic nitrogens is 2. The fourth-order valence-electron chi connectivity index (χ4n) is 2.54. The van der Waals surface area contributed by atoms with Gasteiger partial charge in [0.15, 0.2) is 0 Å². The Hall–Kier alpha value is -1.59. The van der Waals surface area contributed by atoms with Gasteiger partial charge in [0.2, 0.25) is 0 Å². The molecule has 2 rings (SSSR count). The van der Waals surface area contributed by atoms with Crippen molar-refractivity contribution < 1.29 is 4.42 Å². The smallest absolute Gasteiger partial charge is 0.117 e. The zero-order valence-corrected chi connectivity index (χ0v) is 12.3. The van der Waals surface area contributed by atoms with E-state index in [0.717, 1.165) is 31.8 Å². The largest absolute Gasteiger partial charge is 0.468 e. The second-order valence-electron chi connectivity index (χ2n) is 4.91. The van der Waals surface area contributed by atoms with Crippen molar-refractivity contribution in [2.24, 2.45) is 5.73 Å². The predicted molar refractivity (Wildman–Crippen MR) is 79.1 cm³/mol. The van der Waals surface area contributed by atoms with Crippen LogP contribution in [0.25, 0.3) is 0 Å². The van der Waals surface area contributed by atoms with Crippen LogP contribution in [0.4, 0.5) is 0 Å². The van der Waals surface area contributed by atoms with Crippen molar-refractivity contribution in [3.63, 3.8) is 0 Å². The molecule has 0 aliphatic heterocycles. The highest BCUT2D eigenvalue weighted by Gasteiger charge is 2.22. The maximum Gasteiger partial charge on any atom is 0.117 e. The molecule has 2 aromatic rings. The van der Waals surface area contributed by atoms with E-state index in [1.54, 1.807) is 6.26 Å². The highest BCUT2D eigenvalue weighted by atomic mass is 16.3. The number of imidazole rings is 1.